The van der Waals surface area contributed by atoms with E-state index in [-0.39, 0.29) is 6.61 Å². The molecule has 21 heavy (non-hydrogen) atoms. The summed E-state index contributed by atoms with van der Waals surface area (Å²) in [7, 11) is 0. The maximum absolute atomic E-state index is 5.49. The summed E-state index contributed by atoms with van der Waals surface area (Å²) in [6, 6.07) is 12.1. The summed E-state index contributed by atoms with van der Waals surface area (Å²) in [5, 5.41) is 3.37. The Morgan fingerprint density at radius 3 is 2.24 bits per heavy atom. The van der Waals surface area contributed by atoms with Crippen LogP contribution in [0.2, 0.25) is 0 Å². The van der Waals surface area contributed by atoms with Crippen molar-refractivity contribution >= 4 is 53.5 Å². The first-order valence-electron chi connectivity index (χ1n) is 6.14. The van der Waals surface area contributed by atoms with Gasteiger partial charge in [-0.3, -0.25) is 0 Å². The molecule has 0 aliphatic heterocycles. The molecule has 1 N–H and O–H groups in total. The van der Waals surface area contributed by atoms with Gasteiger partial charge in [-0.15, -0.1) is 6.42 Å². The molecule has 2 rings (SSSR count). The van der Waals surface area contributed by atoms with Crippen LogP contribution in [0.25, 0.3) is 0 Å². The van der Waals surface area contributed by atoms with Crippen LogP contribution in [-0.4, -0.2) is 6.61 Å². The quantitative estimate of drug-likeness (QED) is 0.571. The van der Waals surface area contributed by atoms with Gasteiger partial charge >= 0.3 is 0 Å². The predicted molar refractivity (Wildman–Crippen MR) is 97.6 cm³/mol. The Morgan fingerprint density at radius 2 is 1.67 bits per heavy atom. The standard InChI is InChI=1S/C16H12Br3NO/c1-2-7-21-16-14(18)8-11(9-15(16)19)10-20-13-5-3-12(17)4-6-13/h1,3-6,8-9,20H,7,10H2. The Bertz CT molecular complexity index is 639. The van der Waals surface area contributed by atoms with Crippen molar-refractivity contribution in [2.45, 2.75) is 6.54 Å². The molecule has 5 heteroatoms. The van der Waals surface area contributed by atoms with Gasteiger partial charge in [-0.2, -0.15) is 0 Å². The van der Waals surface area contributed by atoms with Crippen molar-refractivity contribution in [1.29, 1.82) is 0 Å². The van der Waals surface area contributed by atoms with E-state index in [1.807, 2.05) is 36.4 Å². The monoisotopic (exact) mass is 471 g/mol. The highest BCUT2D eigenvalue weighted by Gasteiger charge is 2.08. The number of benzene rings is 2. The lowest BCUT2D eigenvalue weighted by Gasteiger charge is -2.12. The number of hydrogen-bond donors (Lipinski definition) is 1. The predicted octanol–water partition coefficient (Wildman–Crippen LogP) is 5.60. The number of anilines is 1. The van der Waals surface area contributed by atoms with E-state index >= 15 is 0 Å². The fourth-order valence-electron chi connectivity index (χ4n) is 1.74. The fraction of sp³-hybridized carbons (Fsp3) is 0.125. The van der Waals surface area contributed by atoms with Crippen molar-refractivity contribution in [3.63, 3.8) is 0 Å². The Labute approximate surface area is 149 Å². The zero-order valence-corrected chi connectivity index (χ0v) is 15.8. The van der Waals surface area contributed by atoms with Crippen LogP contribution < -0.4 is 10.1 Å². The van der Waals surface area contributed by atoms with E-state index in [0.29, 0.717) is 6.54 Å². The van der Waals surface area contributed by atoms with Crippen LogP contribution in [0, 0.1) is 12.3 Å². The first-order valence-corrected chi connectivity index (χ1v) is 8.51. The molecule has 0 aromatic heterocycles. The molecule has 0 bridgehead atoms. The third-order valence-electron chi connectivity index (χ3n) is 2.70. The van der Waals surface area contributed by atoms with Gasteiger partial charge in [0.2, 0.25) is 0 Å². The van der Waals surface area contributed by atoms with Crippen LogP contribution in [0.3, 0.4) is 0 Å². The van der Waals surface area contributed by atoms with Gasteiger partial charge in [0.05, 0.1) is 8.95 Å². The smallest absolute Gasteiger partial charge is 0.149 e. The van der Waals surface area contributed by atoms with Crippen molar-refractivity contribution in [1.82, 2.24) is 0 Å². The van der Waals surface area contributed by atoms with Gasteiger partial charge in [0.25, 0.3) is 0 Å². The number of ether oxygens (including phenoxy) is 1. The van der Waals surface area contributed by atoms with E-state index in [1.165, 1.54) is 0 Å². The van der Waals surface area contributed by atoms with E-state index in [1.54, 1.807) is 0 Å². The van der Waals surface area contributed by atoms with Crippen LogP contribution in [0.15, 0.2) is 49.8 Å². The Morgan fingerprint density at radius 1 is 1.05 bits per heavy atom. The van der Waals surface area contributed by atoms with Gasteiger partial charge in [0.15, 0.2) is 0 Å². The molecule has 0 aliphatic carbocycles. The molecule has 0 heterocycles. The normalized spacial score (nSPS) is 10.0. The lowest BCUT2D eigenvalue weighted by molar-refractivity contribution is 0.365. The summed E-state index contributed by atoms with van der Waals surface area (Å²) in [5.74, 6) is 3.18. The molecule has 2 aromatic rings. The molecule has 2 nitrogen and oxygen atoms in total. The first kappa shape index (κ1) is 16.4. The summed E-state index contributed by atoms with van der Waals surface area (Å²) in [6.45, 7) is 0.960. The van der Waals surface area contributed by atoms with Gasteiger partial charge in [-0.05, 0) is 73.8 Å². The van der Waals surface area contributed by atoms with Crippen molar-refractivity contribution in [2.75, 3.05) is 11.9 Å². The second-order valence-electron chi connectivity index (χ2n) is 4.24. The van der Waals surface area contributed by atoms with E-state index in [2.05, 4.69) is 59.0 Å². The van der Waals surface area contributed by atoms with Crippen LogP contribution in [0.5, 0.6) is 5.75 Å². The second-order valence-corrected chi connectivity index (χ2v) is 6.87. The molecular formula is C16H12Br3NO. The SMILES string of the molecule is C#CCOc1c(Br)cc(CNc2ccc(Br)cc2)cc1Br. The van der Waals surface area contributed by atoms with Gasteiger partial charge in [0.1, 0.15) is 12.4 Å². The molecule has 0 saturated carbocycles. The number of nitrogens with one attached hydrogen (secondary N) is 1. The zero-order chi connectivity index (χ0) is 15.2. The maximum atomic E-state index is 5.49. The van der Waals surface area contributed by atoms with Crippen LogP contribution in [-0.2, 0) is 6.54 Å². The molecule has 0 aliphatic rings. The summed E-state index contributed by atoms with van der Waals surface area (Å²) >= 11 is 10.4. The van der Waals surface area contributed by atoms with Gasteiger partial charge in [-0.25, -0.2) is 0 Å². The van der Waals surface area contributed by atoms with Crippen LogP contribution in [0.4, 0.5) is 5.69 Å². The molecule has 0 atom stereocenters. The highest BCUT2D eigenvalue weighted by Crippen LogP contribution is 2.35. The van der Waals surface area contributed by atoms with E-state index < -0.39 is 0 Å². The third-order valence-corrected chi connectivity index (χ3v) is 4.41. The maximum Gasteiger partial charge on any atom is 0.149 e. The van der Waals surface area contributed by atoms with Crippen molar-refractivity contribution < 1.29 is 4.74 Å². The number of rotatable bonds is 5. The molecule has 0 amide bonds. The van der Waals surface area contributed by atoms with E-state index in [0.717, 1.165) is 30.4 Å². The molecular weight excluding hydrogens is 462 g/mol. The van der Waals surface area contributed by atoms with E-state index in [4.69, 9.17) is 11.2 Å². The molecule has 2 aromatic carbocycles. The zero-order valence-electron chi connectivity index (χ0n) is 11.0. The molecule has 108 valence electrons. The molecule has 0 saturated heterocycles. The number of terminal acetylenes is 1. The van der Waals surface area contributed by atoms with Crippen molar-refractivity contribution in [2.24, 2.45) is 0 Å². The number of halogens is 3. The van der Waals surface area contributed by atoms with Gasteiger partial charge in [0, 0.05) is 16.7 Å². The van der Waals surface area contributed by atoms with Crippen molar-refractivity contribution in [3.8, 4) is 18.1 Å². The van der Waals surface area contributed by atoms with Gasteiger partial charge in [-0.1, -0.05) is 21.9 Å². The minimum absolute atomic E-state index is 0.244. The van der Waals surface area contributed by atoms with Crippen LogP contribution in [0.1, 0.15) is 5.56 Å². The highest BCUT2D eigenvalue weighted by molar-refractivity contribution is 9.11. The topological polar surface area (TPSA) is 21.3 Å². The lowest BCUT2D eigenvalue weighted by Crippen LogP contribution is -2.01. The highest BCUT2D eigenvalue weighted by atomic mass is 79.9. The molecule has 0 fully saturated rings. The second kappa shape index (κ2) is 7.88. The Balaban J connectivity index is 2.07. The fourth-order valence-corrected chi connectivity index (χ4v) is 3.51. The first-order chi connectivity index (χ1) is 10.1. The largest absolute Gasteiger partial charge is 0.479 e. The summed E-state index contributed by atoms with van der Waals surface area (Å²) in [5.41, 5.74) is 2.20. The molecule has 0 spiro atoms. The Hall–Kier alpha value is -0.960. The molecule has 0 radical (unpaired) electrons. The summed E-state index contributed by atoms with van der Waals surface area (Å²) in [6.07, 6.45) is 5.21. The molecule has 0 unspecified atom stereocenters. The third kappa shape index (κ3) is 4.77. The van der Waals surface area contributed by atoms with E-state index in [9.17, 15) is 0 Å². The average Bonchev–Trinajstić information content (AvgIpc) is 2.46. The Kier molecular flexibility index (Phi) is 6.16. The lowest BCUT2D eigenvalue weighted by atomic mass is 10.2. The summed E-state index contributed by atoms with van der Waals surface area (Å²) in [4.78, 5) is 0. The summed E-state index contributed by atoms with van der Waals surface area (Å²) < 4.78 is 8.31. The van der Waals surface area contributed by atoms with Crippen LogP contribution >= 0.6 is 47.8 Å². The van der Waals surface area contributed by atoms with Gasteiger partial charge < -0.3 is 10.1 Å². The minimum atomic E-state index is 0.244. The average molecular weight is 474 g/mol. The minimum Gasteiger partial charge on any atom is -0.479 e. The van der Waals surface area contributed by atoms with Crippen molar-refractivity contribution in [3.05, 3.63) is 55.4 Å². The number of hydrogen-bond acceptors (Lipinski definition) is 2.